The van der Waals surface area contributed by atoms with E-state index in [1.54, 1.807) is 11.4 Å². The smallest absolute Gasteiger partial charge is 0.340 e. The summed E-state index contributed by atoms with van der Waals surface area (Å²) in [7, 11) is 1.31. The minimum absolute atomic E-state index is 0.158. The second-order valence-corrected chi connectivity index (χ2v) is 7.27. The van der Waals surface area contributed by atoms with Gasteiger partial charge in [-0.05, 0) is 18.4 Å². The molecule has 140 valence electrons. The third-order valence-corrected chi connectivity index (χ3v) is 5.52. The molecule has 3 rings (SSSR count). The largest absolute Gasteiger partial charge is 0.465 e. The number of thiophene rings is 1. The highest BCUT2D eigenvalue weighted by Gasteiger charge is 2.17. The first-order chi connectivity index (χ1) is 13.1. The number of thioether (sulfide) groups is 1. The van der Waals surface area contributed by atoms with Crippen molar-refractivity contribution >= 4 is 40.0 Å². The Morgan fingerprint density at radius 2 is 2.00 bits per heavy atom. The zero-order valence-corrected chi connectivity index (χ0v) is 16.5. The van der Waals surface area contributed by atoms with Crippen LogP contribution >= 0.6 is 23.1 Å². The van der Waals surface area contributed by atoms with E-state index in [1.807, 2.05) is 41.8 Å². The zero-order valence-electron chi connectivity index (χ0n) is 14.8. The van der Waals surface area contributed by atoms with Gasteiger partial charge in [0.25, 0.3) is 0 Å². The highest BCUT2D eigenvalue weighted by Crippen LogP contribution is 2.26. The molecule has 3 aromatic rings. The van der Waals surface area contributed by atoms with E-state index in [1.165, 1.54) is 30.2 Å². The van der Waals surface area contributed by atoms with Gasteiger partial charge in [-0.2, -0.15) is 0 Å². The molecule has 0 saturated carbocycles. The van der Waals surface area contributed by atoms with E-state index in [0.717, 1.165) is 11.4 Å². The van der Waals surface area contributed by atoms with Crippen LogP contribution < -0.4 is 5.32 Å². The van der Waals surface area contributed by atoms with Crippen molar-refractivity contribution in [2.24, 2.45) is 0 Å². The van der Waals surface area contributed by atoms with Crippen molar-refractivity contribution in [3.05, 3.63) is 47.3 Å². The number of carbonyl (C=O) groups excluding carboxylic acids is 2. The molecule has 0 aliphatic heterocycles. The first-order valence-corrected chi connectivity index (χ1v) is 10.1. The quantitative estimate of drug-likeness (QED) is 0.480. The second-order valence-electron chi connectivity index (χ2n) is 5.41. The van der Waals surface area contributed by atoms with E-state index >= 15 is 0 Å². The van der Waals surface area contributed by atoms with Crippen LogP contribution in [0.3, 0.4) is 0 Å². The highest BCUT2D eigenvalue weighted by molar-refractivity contribution is 7.99. The average Bonchev–Trinajstić information content (AvgIpc) is 3.32. The summed E-state index contributed by atoms with van der Waals surface area (Å²) in [5.74, 6) is 0.231. The number of hydrogen-bond acceptors (Lipinski definition) is 7. The first-order valence-electron chi connectivity index (χ1n) is 8.21. The summed E-state index contributed by atoms with van der Waals surface area (Å²) in [5.41, 5.74) is 1.33. The summed E-state index contributed by atoms with van der Waals surface area (Å²) in [6.07, 6.45) is 0. The lowest BCUT2D eigenvalue weighted by Gasteiger charge is -2.08. The number of ether oxygens (including phenoxy) is 1. The molecule has 0 fully saturated rings. The van der Waals surface area contributed by atoms with E-state index in [0.29, 0.717) is 22.3 Å². The molecule has 9 heteroatoms. The van der Waals surface area contributed by atoms with Gasteiger partial charge < -0.3 is 14.6 Å². The number of nitrogens with one attached hydrogen (secondary N) is 1. The topological polar surface area (TPSA) is 86.1 Å². The van der Waals surface area contributed by atoms with E-state index in [4.69, 9.17) is 4.74 Å². The summed E-state index contributed by atoms with van der Waals surface area (Å²) >= 11 is 2.58. The van der Waals surface area contributed by atoms with Crippen molar-refractivity contribution in [3.63, 3.8) is 0 Å². The monoisotopic (exact) mass is 402 g/mol. The standard InChI is InChI=1S/C18H18N4O3S2/c1-3-22-15(12-7-5-4-6-8-12)20-21-18(22)27-11-14(23)19-16-13(9-10-26-16)17(24)25-2/h4-10H,3,11H2,1-2H3,(H,19,23). The van der Waals surface area contributed by atoms with Gasteiger partial charge in [0.15, 0.2) is 11.0 Å². The molecule has 7 nitrogen and oxygen atoms in total. The Morgan fingerprint density at radius 3 is 2.70 bits per heavy atom. The Balaban J connectivity index is 1.67. The fraction of sp³-hybridized carbons (Fsp3) is 0.222. The van der Waals surface area contributed by atoms with Crippen LogP contribution in [-0.2, 0) is 16.1 Å². The number of aromatic nitrogens is 3. The fourth-order valence-corrected chi connectivity index (χ4v) is 4.04. The molecule has 0 radical (unpaired) electrons. The summed E-state index contributed by atoms with van der Waals surface area (Å²) in [4.78, 5) is 24.0. The number of hydrogen-bond donors (Lipinski definition) is 1. The van der Waals surface area contributed by atoms with E-state index in [-0.39, 0.29) is 11.7 Å². The average molecular weight is 403 g/mol. The molecular weight excluding hydrogens is 384 g/mol. The van der Waals surface area contributed by atoms with E-state index in [2.05, 4.69) is 15.5 Å². The minimum atomic E-state index is -0.475. The molecule has 0 atom stereocenters. The third kappa shape index (κ3) is 4.37. The van der Waals surface area contributed by atoms with Gasteiger partial charge in [0, 0.05) is 12.1 Å². The van der Waals surface area contributed by atoms with Gasteiger partial charge in [0.2, 0.25) is 5.91 Å². The van der Waals surface area contributed by atoms with Crippen LogP contribution in [0.1, 0.15) is 17.3 Å². The molecule has 0 unspecified atom stereocenters. The van der Waals surface area contributed by atoms with Crippen molar-refractivity contribution in [2.75, 3.05) is 18.2 Å². The van der Waals surface area contributed by atoms with Gasteiger partial charge in [0.1, 0.15) is 5.00 Å². The van der Waals surface area contributed by atoms with Crippen molar-refractivity contribution in [3.8, 4) is 11.4 Å². The van der Waals surface area contributed by atoms with E-state index < -0.39 is 5.97 Å². The highest BCUT2D eigenvalue weighted by atomic mass is 32.2. The summed E-state index contributed by atoms with van der Waals surface area (Å²) in [6, 6.07) is 11.4. The van der Waals surface area contributed by atoms with Crippen molar-refractivity contribution in [1.29, 1.82) is 0 Å². The van der Waals surface area contributed by atoms with E-state index in [9.17, 15) is 9.59 Å². The van der Waals surface area contributed by atoms with Gasteiger partial charge in [-0.15, -0.1) is 21.5 Å². The van der Waals surface area contributed by atoms with Crippen molar-refractivity contribution in [2.45, 2.75) is 18.6 Å². The molecule has 0 aliphatic rings. The molecule has 0 bridgehead atoms. The maximum Gasteiger partial charge on any atom is 0.340 e. The number of rotatable bonds is 7. The molecule has 2 heterocycles. The van der Waals surface area contributed by atoms with Gasteiger partial charge >= 0.3 is 5.97 Å². The van der Waals surface area contributed by atoms with Crippen LogP contribution in [0.5, 0.6) is 0 Å². The van der Waals surface area contributed by atoms with Crippen LogP contribution in [0.15, 0.2) is 46.9 Å². The lowest BCUT2D eigenvalue weighted by atomic mass is 10.2. The Bertz CT molecular complexity index is 937. The van der Waals surface area contributed by atoms with Gasteiger partial charge in [-0.1, -0.05) is 42.1 Å². The summed E-state index contributed by atoms with van der Waals surface area (Å²) < 4.78 is 6.68. The predicted molar refractivity (Wildman–Crippen MR) is 106 cm³/mol. The van der Waals surface area contributed by atoms with Crippen molar-refractivity contribution in [1.82, 2.24) is 14.8 Å². The number of nitrogens with zero attached hydrogens (tertiary/aromatic N) is 3. The Hall–Kier alpha value is -2.65. The van der Waals surface area contributed by atoms with Crippen LogP contribution in [0.4, 0.5) is 5.00 Å². The summed E-state index contributed by atoms with van der Waals surface area (Å²) in [5, 5.41) is 14.1. The number of methoxy groups -OCH3 is 1. The Labute approximate surface area is 164 Å². The van der Waals surface area contributed by atoms with Gasteiger partial charge in [-0.25, -0.2) is 4.79 Å². The van der Waals surface area contributed by atoms with Crippen LogP contribution in [0.2, 0.25) is 0 Å². The van der Waals surface area contributed by atoms with Crippen LogP contribution in [0, 0.1) is 0 Å². The van der Waals surface area contributed by atoms with Crippen molar-refractivity contribution < 1.29 is 14.3 Å². The molecule has 2 aromatic heterocycles. The molecule has 0 aliphatic carbocycles. The van der Waals surface area contributed by atoms with Gasteiger partial charge in [0.05, 0.1) is 18.4 Å². The second kappa shape index (κ2) is 8.83. The fourth-order valence-electron chi connectivity index (χ4n) is 2.45. The number of esters is 1. The molecule has 0 saturated heterocycles. The lowest BCUT2D eigenvalue weighted by molar-refractivity contribution is -0.113. The SMILES string of the molecule is CCn1c(SCC(=O)Nc2sccc2C(=O)OC)nnc1-c1ccccc1. The molecule has 0 spiro atoms. The number of anilines is 1. The normalized spacial score (nSPS) is 10.6. The molecule has 1 aromatic carbocycles. The number of carbonyl (C=O) groups is 2. The Kier molecular flexibility index (Phi) is 6.25. The summed E-state index contributed by atoms with van der Waals surface area (Å²) in [6.45, 7) is 2.70. The third-order valence-electron chi connectivity index (χ3n) is 3.72. The lowest BCUT2D eigenvalue weighted by Crippen LogP contribution is -2.16. The predicted octanol–water partition coefficient (Wildman–Crippen LogP) is 3.54. The first kappa shape index (κ1) is 19.1. The maximum atomic E-state index is 12.3. The molecule has 1 N–H and O–H groups in total. The maximum absolute atomic E-state index is 12.3. The molecular formula is C18H18N4O3S2. The minimum Gasteiger partial charge on any atom is -0.465 e. The van der Waals surface area contributed by atoms with Crippen LogP contribution in [0.25, 0.3) is 11.4 Å². The Morgan fingerprint density at radius 1 is 1.22 bits per heavy atom. The molecule has 1 amide bonds. The number of amides is 1. The zero-order chi connectivity index (χ0) is 19.2. The van der Waals surface area contributed by atoms with Crippen LogP contribution in [-0.4, -0.2) is 39.5 Å². The molecule has 27 heavy (non-hydrogen) atoms. The van der Waals surface area contributed by atoms with Gasteiger partial charge in [-0.3, -0.25) is 4.79 Å². The number of benzene rings is 1.